The molecule has 5 heteroatoms. The highest BCUT2D eigenvalue weighted by Gasteiger charge is 2.19. The SMILES string of the molecule is CCCNCc1ccnc(OC2CCOCC2)c1F. The summed E-state index contributed by atoms with van der Waals surface area (Å²) < 4.78 is 25.1. The topological polar surface area (TPSA) is 43.4 Å². The summed E-state index contributed by atoms with van der Waals surface area (Å²) in [5.74, 6) is -0.236. The molecule has 0 spiro atoms. The summed E-state index contributed by atoms with van der Waals surface area (Å²) in [6.45, 7) is 4.80. The maximum Gasteiger partial charge on any atom is 0.250 e. The molecule has 1 saturated heterocycles. The van der Waals surface area contributed by atoms with Crippen molar-refractivity contribution in [3.05, 3.63) is 23.6 Å². The average Bonchev–Trinajstić information content (AvgIpc) is 2.44. The number of hydrogen-bond donors (Lipinski definition) is 1. The number of aromatic nitrogens is 1. The summed E-state index contributed by atoms with van der Waals surface area (Å²) in [4.78, 5) is 4.00. The fourth-order valence-electron chi connectivity index (χ4n) is 2.03. The van der Waals surface area contributed by atoms with Crippen LogP contribution in [0, 0.1) is 5.82 Å². The molecular formula is C14H21FN2O2. The van der Waals surface area contributed by atoms with Crippen molar-refractivity contribution in [3.63, 3.8) is 0 Å². The fraction of sp³-hybridized carbons (Fsp3) is 0.643. The molecule has 1 aromatic heterocycles. The first-order valence-corrected chi connectivity index (χ1v) is 6.89. The number of pyridine rings is 1. The smallest absolute Gasteiger partial charge is 0.250 e. The zero-order valence-corrected chi connectivity index (χ0v) is 11.3. The van der Waals surface area contributed by atoms with E-state index < -0.39 is 0 Å². The molecule has 0 saturated carbocycles. The van der Waals surface area contributed by atoms with E-state index in [2.05, 4.69) is 17.2 Å². The Bertz CT molecular complexity index is 395. The van der Waals surface area contributed by atoms with E-state index in [-0.39, 0.29) is 17.8 Å². The molecule has 0 unspecified atom stereocenters. The van der Waals surface area contributed by atoms with E-state index in [1.165, 1.54) is 0 Å². The number of halogens is 1. The Morgan fingerprint density at radius 1 is 1.47 bits per heavy atom. The lowest BCUT2D eigenvalue weighted by molar-refractivity contribution is 0.0219. The predicted molar refractivity (Wildman–Crippen MR) is 70.7 cm³/mol. The second kappa shape index (κ2) is 7.40. The molecule has 2 heterocycles. The molecule has 1 aliphatic heterocycles. The van der Waals surface area contributed by atoms with Gasteiger partial charge in [-0.2, -0.15) is 0 Å². The summed E-state index contributed by atoms with van der Waals surface area (Å²) in [5.41, 5.74) is 0.602. The van der Waals surface area contributed by atoms with Crippen LogP contribution in [0.3, 0.4) is 0 Å². The number of ether oxygens (including phenoxy) is 2. The molecule has 1 aromatic rings. The van der Waals surface area contributed by atoms with Crippen LogP contribution >= 0.6 is 0 Å². The zero-order chi connectivity index (χ0) is 13.5. The van der Waals surface area contributed by atoms with Crippen LogP contribution in [-0.2, 0) is 11.3 Å². The van der Waals surface area contributed by atoms with Crippen LogP contribution in [0.1, 0.15) is 31.7 Å². The second-order valence-electron chi connectivity index (χ2n) is 4.70. The van der Waals surface area contributed by atoms with Crippen molar-refractivity contribution in [2.45, 2.75) is 38.8 Å². The van der Waals surface area contributed by atoms with Gasteiger partial charge >= 0.3 is 0 Å². The minimum absolute atomic E-state index is 0.00889. The van der Waals surface area contributed by atoms with Gasteiger partial charge in [-0.15, -0.1) is 0 Å². The first-order valence-electron chi connectivity index (χ1n) is 6.89. The molecule has 0 aliphatic carbocycles. The summed E-state index contributed by atoms with van der Waals surface area (Å²) in [6, 6.07) is 1.69. The van der Waals surface area contributed by atoms with Crippen molar-refractivity contribution in [1.82, 2.24) is 10.3 Å². The third-order valence-electron chi connectivity index (χ3n) is 3.13. The van der Waals surface area contributed by atoms with Gasteiger partial charge in [0.15, 0.2) is 5.82 Å². The van der Waals surface area contributed by atoms with Gasteiger partial charge in [0.1, 0.15) is 6.10 Å². The highest BCUT2D eigenvalue weighted by Crippen LogP contribution is 2.21. The highest BCUT2D eigenvalue weighted by atomic mass is 19.1. The third-order valence-corrected chi connectivity index (χ3v) is 3.13. The molecule has 1 N–H and O–H groups in total. The van der Waals surface area contributed by atoms with E-state index in [0.29, 0.717) is 25.3 Å². The molecule has 4 nitrogen and oxygen atoms in total. The van der Waals surface area contributed by atoms with Gasteiger partial charge in [0.2, 0.25) is 0 Å². The van der Waals surface area contributed by atoms with E-state index in [9.17, 15) is 4.39 Å². The number of nitrogens with one attached hydrogen (secondary N) is 1. The maximum absolute atomic E-state index is 14.2. The molecule has 0 amide bonds. The van der Waals surface area contributed by atoms with Crippen LogP contribution in [0.2, 0.25) is 0 Å². The van der Waals surface area contributed by atoms with Crippen molar-refractivity contribution in [2.75, 3.05) is 19.8 Å². The van der Waals surface area contributed by atoms with Crippen LogP contribution in [0.15, 0.2) is 12.3 Å². The first-order chi connectivity index (χ1) is 9.31. The Kier molecular flexibility index (Phi) is 5.54. The van der Waals surface area contributed by atoms with Crippen molar-refractivity contribution >= 4 is 0 Å². The normalized spacial score (nSPS) is 16.5. The maximum atomic E-state index is 14.2. The van der Waals surface area contributed by atoms with E-state index in [1.807, 2.05) is 0 Å². The summed E-state index contributed by atoms with van der Waals surface area (Å²) >= 11 is 0. The minimum Gasteiger partial charge on any atom is -0.472 e. The quantitative estimate of drug-likeness (QED) is 0.804. The molecule has 106 valence electrons. The summed E-state index contributed by atoms with van der Waals surface area (Å²) in [5, 5.41) is 3.18. The Hall–Kier alpha value is -1.20. The number of rotatable bonds is 6. The molecule has 19 heavy (non-hydrogen) atoms. The van der Waals surface area contributed by atoms with Crippen molar-refractivity contribution in [2.24, 2.45) is 0 Å². The van der Waals surface area contributed by atoms with Gasteiger partial charge in [-0.3, -0.25) is 0 Å². The van der Waals surface area contributed by atoms with Gasteiger partial charge in [-0.1, -0.05) is 6.92 Å². The summed E-state index contributed by atoms with van der Waals surface area (Å²) in [6.07, 6.45) is 4.21. The monoisotopic (exact) mass is 268 g/mol. The molecule has 0 bridgehead atoms. The van der Waals surface area contributed by atoms with Crippen LogP contribution < -0.4 is 10.1 Å². The van der Waals surface area contributed by atoms with Crippen molar-refractivity contribution in [1.29, 1.82) is 0 Å². The van der Waals surface area contributed by atoms with Crippen LogP contribution in [0.5, 0.6) is 5.88 Å². The van der Waals surface area contributed by atoms with E-state index in [0.717, 1.165) is 25.8 Å². The Balaban J connectivity index is 1.97. The van der Waals surface area contributed by atoms with E-state index in [4.69, 9.17) is 9.47 Å². The standard InChI is InChI=1S/C14H21FN2O2/c1-2-6-16-10-11-3-7-17-14(13(11)15)19-12-4-8-18-9-5-12/h3,7,12,16H,2,4-6,8-10H2,1H3. The number of hydrogen-bond acceptors (Lipinski definition) is 4. The van der Waals surface area contributed by atoms with Crippen molar-refractivity contribution < 1.29 is 13.9 Å². The van der Waals surface area contributed by atoms with Gasteiger partial charge in [0.25, 0.3) is 5.88 Å². The Labute approximate surface area is 113 Å². The zero-order valence-electron chi connectivity index (χ0n) is 11.3. The van der Waals surface area contributed by atoms with Crippen LogP contribution in [-0.4, -0.2) is 30.8 Å². The van der Waals surface area contributed by atoms with E-state index in [1.54, 1.807) is 12.3 Å². The molecular weight excluding hydrogens is 247 g/mol. The van der Waals surface area contributed by atoms with Gasteiger partial charge < -0.3 is 14.8 Å². The molecule has 0 radical (unpaired) electrons. The Morgan fingerprint density at radius 3 is 3.00 bits per heavy atom. The minimum atomic E-state index is -0.349. The van der Waals surface area contributed by atoms with Crippen LogP contribution in [0.25, 0.3) is 0 Å². The van der Waals surface area contributed by atoms with Crippen molar-refractivity contribution in [3.8, 4) is 5.88 Å². The Morgan fingerprint density at radius 2 is 2.26 bits per heavy atom. The molecule has 0 atom stereocenters. The average molecular weight is 268 g/mol. The van der Waals surface area contributed by atoms with Gasteiger partial charge in [-0.05, 0) is 19.0 Å². The molecule has 0 aromatic carbocycles. The fourth-order valence-corrected chi connectivity index (χ4v) is 2.03. The predicted octanol–water partition coefficient (Wildman–Crippen LogP) is 2.28. The lowest BCUT2D eigenvalue weighted by Gasteiger charge is -2.23. The molecule has 1 aliphatic rings. The highest BCUT2D eigenvalue weighted by molar-refractivity contribution is 5.23. The van der Waals surface area contributed by atoms with Gasteiger partial charge in [-0.25, -0.2) is 9.37 Å². The molecule has 1 fully saturated rings. The largest absolute Gasteiger partial charge is 0.472 e. The first kappa shape index (κ1) is 14.2. The van der Waals surface area contributed by atoms with Gasteiger partial charge in [0.05, 0.1) is 13.2 Å². The number of nitrogens with zero attached hydrogens (tertiary/aromatic N) is 1. The lowest BCUT2D eigenvalue weighted by atomic mass is 10.1. The lowest BCUT2D eigenvalue weighted by Crippen LogP contribution is -2.26. The van der Waals surface area contributed by atoms with Gasteiger partial charge in [0, 0.05) is 31.1 Å². The van der Waals surface area contributed by atoms with E-state index >= 15 is 0 Å². The molecule has 2 rings (SSSR count). The second-order valence-corrected chi connectivity index (χ2v) is 4.70. The third kappa shape index (κ3) is 4.14. The summed E-state index contributed by atoms with van der Waals surface area (Å²) in [7, 11) is 0. The van der Waals surface area contributed by atoms with Crippen LogP contribution in [0.4, 0.5) is 4.39 Å².